The van der Waals surface area contributed by atoms with Gasteiger partial charge in [0.1, 0.15) is 11.0 Å². The second-order valence-electron chi connectivity index (χ2n) is 3.51. The Morgan fingerprint density at radius 2 is 2.11 bits per heavy atom. The first kappa shape index (κ1) is 14.9. The van der Waals surface area contributed by atoms with Gasteiger partial charge in [-0.2, -0.15) is 5.26 Å². The lowest BCUT2D eigenvalue weighted by molar-refractivity contribution is 0.124. The molecule has 0 aliphatic carbocycles. The first-order chi connectivity index (χ1) is 9.01. The van der Waals surface area contributed by atoms with Gasteiger partial charge in [-0.1, -0.05) is 19.1 Å². The van der Waals surface area contributed by atoms with Gasteiger partial charge in [0, 0.05) is 6.54 Å². The lowest BCUT2D eigenvalue weighted by atomic mass is 10.2. The largest absolute Gasteiger partial charge is 0.427 e. The van der Waals surface area contributed by atoms with E-state index in [1.54, 1.807) is 11.0 Å². The number of benzene rings is 1. The van der Waals surface area contributed by atoms with E-state index >= 15 is 0 Å². The van der Waals surface area contributed by atoms with E-state index < -0.39 is 16.1 Å². The molecule has 1 rings (SSSR count). The van der Waals surface area contributed by atoms with Crippen molar-refractivity contribution in [3.8, 4) is 6.07 Å². The van der Waals surface area contributed by atoms with Crippen molar-refractivity contribution in [2.75, 3.05) is 6.54 Å². The molecule has 0 aliphatic rings. The molecule has 2 N–H and O–H groups in total. The van der Waals surface area contributed by atoms with Gasteiger partial charge in [0.2, 0.25) is 0 Å². The van der Waals surface area contributed by atoms with E-state index in [2.05, 4.69) is 10.2 Å². The van der Waals surface area contributed by atoms with Gasteiger partial charge in [0.25, 0.3) is 10.0 Å². The number of carbonyl (C=O) groups excluding carboxylic acids is 1. The molecule has 7 nitrogen and oxygen atoms in total. The van der Waals surface area contributed by atoms with Crippen LogP contribution in [0.1, 0.15) is 18.9 Å². The first-order valence-corrected chi connectivity index (χ1v) is 6.95. The van der Waals surface area contributed by atoms with Gasteiger partial charge in [-0.15, -0.1) is 0 Å². The van der Waals surface area contributed by atoms with Gasteiger partial charge in [-0.05, 0) is 23.4 Å². The maximum absolute atomic E-state index is 11.8. The molecule has 0 heterocycles. The summed E-state index contributed by atoms with van der Waals surface area (Å²) in [4.78, 5) is 16.9. The fraction of sp³-hybridized carbons (Fsp3) is 0.273. The van der Waals surface area contributed by atoms with Crippen LogP contribution in [-0.2, 0) is 14.9 Å². The summed E-state index contributed by atoms with van der Waals surface area (Å²) in [5.74, 6) is 0. The fourth-order valence-corrected chi connectivity index (χ4v) is 2.13. The molecule has 0 aliphatic heterocycles. The van der Waals surface area contributed by atoms with E-state index in [1.807, 2.05) is 6.92 Å². The zero-order valence-electron chi connectivity index (χ0n) is 10.2. The van der Waals surface area contributed by atoms with Crippen molar-refractivity contribution in [3.63, 3.8) is 0 Å². The van der Waals surface area contributed by atoms with Crippen LogP contribution in [-0.4, -0.2) is 21.1 Å². The minimum Gasteiger partial charge on any atom is -0.338 e. The van der Waals surface area contributed by atoms with Crippen LogP contribution >= 0.6 is 0 Å². The highest BCUT2D eigenvalue weighted by Gasteiger charge is 2.19. The number of nitrogens with one attached hydrogen (secondary N) is 2. The predicted octanol–water partition coefficient (Wildman–Crippen LogP) is 0.888. The van der Waals surface area contributed by atoms with Crippen molar-refractivity contribution >= 4 is 16.1 Å². The highest BCUT2D eigenvalue weighted by molar-refractivity contribution is 7.89. The second kappa shape index (κ2) is 6.72. The summed E-state index contributed by atoms with van der Waals surface area (Å²) < 4.78 is 23.6. The van der Waals surface area contributed by atoms with Gasteiger partial charge in [-0.25, -0.2) is 13.2 Å². The predicted molar refractivity (Wildman–Crippen MR) is 66.3 cm³/mol. The van der Waals surface area contributed by atoms with Crippen LogP contribution in [0.5, 0.6) is 0 Å². The lowest BCUT2D eigenvalue weighted by Gasteiger charge is -2.08. The number of hydrogen-bond acceptors (Lipinski definition) is 5. The van der Waals surface area contributed by atoms with Crippen molar-refractivity contribution in [1.29, 1.82) is 5.26 Å². The summed E-state index contributed by atoms with van der Waals surface area (Å²) in [6.45, 7) is 2.21. The van der Waals surface area contributed by atoms with Crippen molar-refractivity contribution in [3.05, 3.63) is 29.8 Å². The van der Waals surface area contributed by atoms with Crippen LogP contribution in [0.3, 0.4) is 0 Å². The average molecular weight is 283 g/mol. The Kier molecular flexibility index (Phi) is 5.29. The molecule has 102 valence electrons. The Labute approximate surface area is 111 Å². The summed E-state index contributed by atoms with van der Waals surface area (Å²) in [5, 5.41) is 11.1. The number of nitrogens with zero attached hydrogens (tertiary/aromatic N) is 1. The molecule has 8 heteroatoms. The molecule has 0 bridgehead atoms. The average Bonchev–Trinajstić information content (AvgIpc) is 2.43. The molecule has 0 unspecified atom stereocenters. The molecular formula is C11H13N3O4S. The third kappa shape index (κ3) is 4.24. The Hall–Kier alpha value is -2.11. The maximum Gasteiger partial charge on any atom is 0.427 e. The molecule has 1 aromatic carbocycles. The number of amides is 1. The molecule has 1 amide bonds. The SMILES string of the molecule is CCCNC(=O)ONS(=O)(=O)c1ccccc1C#N. The summed E-state index contributed by atoms with van der Waals surface area (Å²) in [5.41, 5.74) is -0.0347. The molecule has 0 spiro atoms. The van der Waals surface area contributed by atoms with Gasteiger partial charge >= 0.3 is 6.09 Å². The number of hydrogen-bond donors (Lipinski definition) is 2. The Bertz CT molecular complexity index is 592. The van der Waals surface area contributed by atoms with Gasteiger partial charge in [0.15, 0.2) is 0 Å². The third-order valence-corrected chi connectivity index (χ3v) is 3.30. The van der Waals surface area contributed by atoms with Crippen LogP contribution < -0.4 is 10.2 Å². The zero-order valence-corrected chi connectivity index (χ0v) is 11.0. The van der Waals surface area contributed by atoms with Crippen LogP contribution in [0, 0.1) is 11.3 Å². The molecule has 0 fully saturated rings. The third-order valence-electron chi connectivity index (χ3n) is 2.06. The minimum atomic E-state index is -4.08. The van der Waals surface area contributed by atoms with E-state index in [0.29, 0.717) is 13.0 Å². The number of sulfonamides is 1. The van der Waals surface area contributed by atoms with E-state index in [9.17, 15) is 13.2 Å². The van der Waals surface area contributed by atoms with E-state index in [4.69, 9.17) is 5.26 Å². The molecule has 1 aromatic rings. The highest BCUT2D eigenvalue weighted by Crippen LogP contribution is 2.13. The second-order valence-corrected chi connectivity index (χ2v) is 5.12. The summed E-state index contributed by atoms with van der Waals surface area (Å²) in [7, 11) is -4.08. The fourth-order valence-electron chi connectivity index (χ4n) is 1.19. The monoisotopic (exact) mass is 283 g/mol. The molecule has 19 heavy (non-hydrogen) atoms. The zero-order chi connectivity index (χ0) is 14.3. The smallest absolute Gasteiger partial charge is 0.338 e. The Morgan fingerprint density at radius 1 is 1.42 bits per heavy atom. The highest BCUT2D eigenvalue weighted by atomic mass is 32.2. The normalized spacial score (nSPS) is 10.5. The number of carbonyl (C=O) groups is 1. The summed E-state index contributed by atoms with van der Waals surface area (Å²) >= 11 is 0. The standard InChI is InChI=1S/C11H13N3O4S/c1-2-7-13-11(15)18-14-19(16,17)10-6-4-3-5-9(10)8-12/h3-6,14H,2,7H2,1H3,(H,13,15). The topological polar surface area (TPSA) is 108 Å². The van der Waals surface area contributed by atoms with Crippen LogP contribution in [0.25, 0.3) is 0 Å². The molecule has 0 radical (unpaired) electrons. The van der Waals surface area contributed by atoms with Crippen LogP contribution in [0.15, 0.2) is 29.2 Å². The summed E-state index contributed by atoms with van der Waals surface area (Å²) in [6, 6.07) is 7.34. The van der Waals surface area contributed by atoms with Crippen molar-refractivity contribution < 1.29 is 18.0 Å². The minimum absolute atomic E-state index is 0.0347. The van der Waals surface area contributed by atoms with Crippen molar-refractivity contribution in [1.82, 2.24) is 10.2 Å². The molecule has 0 saturated heterocycles. The van der Waals surface area contributed by atoms with Gasteiger partial charge in [0.05, 0.1) is 5.56 Å². The van der Waals surface area contributed by atoms with E-state index in [1.165, 1.54) is 24.3 Å². The van der Waals surface area contributed by atoms with Gasteiger partial charge in [-0.3, -0.25) is 0 Å². The van der Waals surface area contributed by atoms with Crippen LogP contribution in [0.4, 0.5) is 4.79 Å². The van der Waals surface area contributed by atoms with E-state index in [-0.39, 0.29) is 10.5 Å². The lowest BCUT2D eigenvalue weighted by Crippen LogP contribution is -2.34. The number of rotatable bonds is 5. The molecule has 0 atom stereocenters. The number of nitriles is 1. The van der Waals surface area contributed by atoms with Crippen LogP contribution in [0.2, 0.25) is 0 Å². The summed E-state index contributed by atoms with van der Waals surface area (Å²) in [6.07, 6.45) is -0.209. The maximum atomic E-state index is 11.8. The van der Waals surface area contributed by atoms with E-state index in [0.717, 1.165) is 0 Å². The molecule has 0 aromatic heterocycles. The molecule has 0 saturated carbocycles. The van der Waals surface area contributed by atoms with Gasteiger partial charge < -0.3 is 10.2 Å². The first-order valence-electron chi connectivity index (χ1n) is 5.47. The van der Waals surface area contributed by atoms with Crippen molar-refractivity contribution in [2.45, 2.75) is 18.2 Å². The van der Waals surface area contributed by atoms with Crippen molar-refractivity contribution in [2.24, 2.45) is 0 Å². The quantitative estimate of drug-likeness (QED) is 0.780. The Balaban J connectivity index is 2.77. The molecular weight excluding hydrogens is 270 g/mol. The Morgan fingerprint density at radius 3 is 2.74 bits per heavy atom.